The van der Waals surface area contributed by atoms with Crippen molar-refractivity contribution in [3.63, 3.8) is 0 Å². The molecule has 18 heavy (non-hydrogen) atoms. The van der Waals surface area contributed by atoms with Crippen LogP contribution in [0.25, 0.3) is 0 Å². The van der Waals surface area contributed by atoms with Crippen molar-refractivity contribution in [2.75, 3.05) is 26.8 Å². The molecular weight excluding hydrogens is 228 g/mol. The lowest BCUT2D eigenvalue weighted by molar-refractivity contribution is -0.134. The van der Waals surface area contributed by atoms with E-state index in [1.165, 1.54) is 0 Å². The van der Waals surface area contributed by atoms with E-state index < -0.39 is 0 Å². The minimum atomic E-state index is 0.168. The van der Waals surface area contributed by atoms with E-state index >= 15 is 0 Å². The van der Waals surface area contributed by atoms with Crippen molar-refractivity contribution in [1.82, 2.24) is 4.90 Å². The van der Waals surface area contributed by atoms with Gasteiger partial charge in [-0.1, -0.05) is 13.8 Å². The van der Waals surface area contributed by atoms with Crippen LogP contribution in [0.2, 0.25) is 0 Å². The molecule has 0 aromatic rings. The second-order valence-corrected chi connectivity index (χ2v) is 6.05. The quantitative estimate of drug-likeness (QED) is 0.788. The molecule has 1 saturated heterocycles. The third kappa shape index (κ3) is 4.94. The van der Waals surface area contributed by atoms with E-state index in [1.54, 1.807) is 0 Å². The molecule has 0 saturated carbocycles. The zero-order valence-electron chi connectivity index (χ0n) is 12.1. The average Bonchev–Trinajstić information content (AvgIpc) is 2.36. The van der Waals surface area contributed by atoms with Crippen molar-refractivity contribution in [3.05, 3.63) is 0 Å². The number of carbonyl (C=O) groups is 1. The number of carbonyl (C=O) groups excluding carboxylic acids is 1. The molecule has 1 heterocycles. The van der Waals surface area contributed by atoms with Gasteiger partial charge in [0.15, 0.2) is 0 Å². The molecule has 0 bridgehead atoms. The molecule has 0 aromatic heterocycles. The standard InChI is InChI=1S/C14H28N2O2/c1-14(2,8-9-15)7-4-13(17)16(3)12-5-10-18-11-6-12/h12H,4-11,15H2,1-3H3. The molecule has 0 unspecified atom stereocenters. The highest BCUT2D eigenvalue weighted by atomic mass is 16.5. The molecule has 0 aromatic carbocycles. The Balaban J connectivity index is 2.35. The summed E-state index contributed by atoms with van der Waals surface area (Å²) in [5, 5.41) is 0. The second-order valence-electron chi connectivity index (χ2n) is 6.05. The number of nitrogens with two attached hydrogens (primary N) is 1. The summed E-state index contributed by atoms with van der Waals surface area (Å²) < 4.78 is 5.32. The third-order valence-corrected chi connectivity index (χ3v) is 3.97. The molecule has 1 amide bonds. The fraction of sp³-hybridized carbons (Fsp3) is 0.929. The van der Waals surface area contributed by atoms with Gasteiger partial charge in [-0.05, 0) is 37.6 Å². The van der Waals surface area contributed by atoms with E-state index in [-0.39, 0.29) is 11.3 Å². The first kappa shape index (κ1) is 15.4. The maximum atomic E-state index is 12.1. The largest absolute Gasteiger partial charge is 0.381 e. The summed E-state index contributed by atoms with van der Waals surface area (Å²) in [4.78, 5) is 14.1. The van der Waals surface area contributed by atoms with Crippen LogP contribution in [-0.4, -0.2) is 43.7 Å². The van der Waals surface area contributed by atoms with E-state index in [0.717, 1.165) is 38.9 Å². The van der Waals surface area contributed by atoms with Gasteiger partial charge < -0.3 is 15.4 Å². The molecule has 1 fully saturated rings. The summed E-state index contributed by atoms with van der Waals surface area (Å²) in [6, 6.07) is 0.365. The van der Waals surface area contributed by atoms with Gasteiger partial charge in [-0.15, -0.1) is 0 Å². The fourth-order valence-corrected chi connectivity index (χ4v) is 2.41. The second kappa shape index (κ2) is 7.10. The molecule has 0 radical (unpaired) electrons. The molecule has 106 valence electrons. The van der Waals surface area contributed by atoms with Gasteiger partial charge in [0, 0.05) is 32.7 Å². The van der Waals surface area contributed by atoms with Crippen molar-refractivity contribution in [2.24, 2.45) is 11.1 Å². The predicted octanol–water partition coefficient (Wildman–Crippen LogP) is 1.78. The molecular formula is C14H28N2O2. The summed E-state index contributed by atoms with van der Waals surface area (Å²) in [5.41, 5.74) is 5.76. The van der Waals surface area contributed by atoms with E-state index in [2.05, 4.69) is 13.8 Å². The molecule has 0 aliphatic carbocycles. The van der Waals surface area contributed by atoms with Crippen LogP contribution < -0.4 is 5.73 Å². The summed E-state index contributed by atoms with van der Waals surface area (Å²) >= 11 is 0. The highest BCUT2D eigenvalue weighted by Gasteiger charge is 2.24. The summed E-state index contributed by atoms with van der Waals surface area (Å²) in [5.74, 6) is 0.256. The minimum Gasteiger partial charge on any atom is -0.381 e. The first-order valence-electron chi connectivity index (χ1n) is 7.00. The van der Waals surface area contributed by atoms with Crippen molar-refractivity contribution < 1.29 is 9.53 Å². The molecule has 1 aliphatic heterocycles. The van der Waals surface area contributed by atoms with E-state index in [0.29, 0.717) is 19.0 Å². The Bertz CT molecular complexity index is 261. The zero-order valence-corrected chi connectivity index (χ0v) is 12.1. The van der Waals surface area contributed by atoms with Gasteiger partial charge in [0.2, 0.25) is 5.91 Å². The number of hydrogen-bond acceptors (Lipinski definition) is 3. The summed E-state index contributed by atoms with van der Waals surface area (Å²) in [6.45, 7) is 6.61. The van der Waals surface area contributed by atoms with Gasteiger partial charge in [-0.25, -0.2) is 0 Å². The lowest BCUT2D eigenvalue weighted by atomic mass is 9.84. The van der Waals surface area contributed by atoms with Gasteiger partial charge in [0.1, 0.15) is 0 Å². The van der Waals surface area contributed by atoms with Gasteiger partial charge in [-0.2, -0.15) is 0 Å². The Kier molecular flexibility index (Phi) is 6.09. The van der Waals surface area contributed by atoms with Gasteiger partial charge in [0.05, 0.1) is 0 Å². The average molecular weight is 256 g/mol. The van der Waals surface area contributed by atoms with Gasteiger partial charge in [0.25, 0.3) is 0 Å². The van der Waals surface area contributed by atoms with Crippen molar-refractivity contribution in [3.8, 4) is 0 Å². The Morgan fingerprint density at radius 3 is 2.50 bits per heavy atom. The SMILES string of the molecule is CN(C(=O)CCC(C)(C)CCN)C1CCOCC1. The van der Waals surface area contributed by atoms with Crippen LogP contribution in [0.5, 0.6) is 0 Å². The van der Waals surface area contributed by atoms with Gasteiger partial charge in [-0.3, -0.25) is 4.79 Å². The maximum Gasteiger partial charge on any atom is 0.222 e. The highest BCUT2D eigenvalue weighted by molar-refractivity contribution is 5.76. The number of amides is 1. The molecule has 4 nitrogen and oxygen atoms in total. The Morgan fingerprint density at radius 1 is 1.33 bits per heavy atom. The van der Waals surface area contributed by atoms with Crippen molar-refractivity contribution in [2.45, 2.75) is 52.0 Å². The summed E-state index contributed by atoms with van der Waals surface area (Å²) in [7, 11) is 1.92. The van der Waals surface area contributed by atoms with E-state index in [1.807, 2.05) is 11.9 Å². The van der Waals surface area contributed by atoms with Crippen LogP contribution in [0.4, 0.5) is 0 Å². The van der Waals surface area contributed by atoms with Crippen molar-refractivity contribution >= 4 is 5.91 Å². The third-order valence-electron chi connectivity index (χ3n) is 3.97. The Labute approximate surface area is 111 Å². The lowest BCUT2D eigenvalue weighted by Crippen LogP contribution is -2.40. The molecule has 4 heteroatoms. The normalized spacial score (nSPS) is 17.8. The van der Waals surface area contributed by atoms with Crippen LogP contribution in [0.15, 0.2) is 0 Å². The molecule has 2 N–H and O–H groups in total. The smallest absolute Gasteiger partial charge is 0.222 e. The topological polar surface area (TPSA) is 55.6 Å². The van der Waals surface area contributed by atoms with Gasteiger partial charge >= 0.3 is 0 Å². The molecule has 1 aliphatic rings. The van der Waals surface area contributed by atoms with Crippen LogP contribution >= 0.6 is 0 Å². The van der Waals surface area contributed by atoms with Crippen LogP contribution in [0.1, 0.15) is 46.0 Å². The molecule has 0 atom stereocenters. The summed E-state index contributed by atoms with van der Waals surface area (Å²) in [6.07, 6.45) is 4.45. The molecule has 0 spiro atoms. The Hall–Kier alpha value is -0.610. The van der Waals surface area contributed by atoms with E-state index in [9.17, 15) is 4.79 Å². The van der Waals surface area contributed by atoms with Crippen molar-refractivity contribution in [1.29, 1.82) is 0 Å². The predicted molar refractivity (Wildman–Crippen MR) is 73.3 cm³/mol. The zero-order chi connectivity index (χ0) is 13.6. The molecule has 1 rings (SSSR count). The maximum absolute atomic E-state index is 12.1. The first-order chi connectivity index (χ1) is 8.46. The van der Waals surface area contributed by atoms with Crippen LogP contribution in [0, 0.1) is 5.41 Å². The number of ether oxygens (including phenoxy) is 1. The highest BCUT2D eigenvalue weighted by Crippen LogP contribution is 2.26. The lowest BCUT2D eigenvalue weighted by Gasteiger charge is -2.32. The number of rotatable bonds is 6. The monoisotopic (exact) mass is 256 g/mol. The first-order valence-corrected chi connectivity index (χ1v) is 7.00. The number of nitrogens with zero attached hydrogens (tertiary/aromatic N) is 1. The Morgan fingerprint density at radius 2 is 1.94 bits per heavy atom. The minimum absolute atomic E-state index is 0.168. The van der Waals surface area contributed by atoms with Crippen LogP contribution in [-0.2, 0) is 9.53 Å². The fourth-order valence-electron chi connectivity index (χ4n) is 2.41. The van der Waals surface area contributed by atoms with E-state index in [4.69, 9.17) is 10.5 Å². The van der Waals surface area contributed by atoms with Crippen LogP contribution in [0.3, 0.4) is 0 Å². The number of hydrogen-bond donors (Lipinski definition) is 1.